The molecule has 0 fully saturated rings. The Balaban J connectivity index is 2.54. The molecular formula is C10H15N7O2. The summed E-state index contributed by atoms with van der Waals surface area (Å²) in [6, 6.07) is 0. The van der Waals surface area contributed by atoms with E-state index in [9.17, 15) is 9.59 Å². The summed E-state index contributed by atoms with van der Waals surface area (Å²) in [5.74, 6) is 0.386. The summed E-state index contributed by atoms with van der Waals surface area (Å²) in [6.07, 6.45) is 0. The van der Waals surface area contributed by atoms with Crippen molar-refractivity contribution in [1.29, 1.82) is 0 Å². The third-order valence-electron chi connectivity index (χ3n) is 2.72. The first-order valence-corrected chi connectivity index (χ1v) is 5.76. The smallest absolute Gasteiger partial charge is 0.329 e. The van der Waals surface area contributed by atoms with E-state index in [1.54, 1.807) is 0 Å². The lowest BCUT2D eigenvalue weighted by molar-refractivity contribution is 0.648. The maximum absolute atomic E-state index is 12.0. The van der Waals surface area contributed by atoms with Gasteiger partial charge in [-0.05, 0) is 0 Å². The van der Waals surface area contributed by atoms with Crippen molar-refractivity contribution >= 4 is 11.2 Å². The standard InChI is InChI=1S/C10H15N7O2/c1-16-8-7(9(18)17(2)10(16)19)13-6(14-15-8)5-12-4-3-11/h12H,3-5,11H2,1-2H3. The summed E-state index contributed by atoms with van der Waals surface area (Å²) in [4.78, 5) is 27.8. The lowest BCUT2D eigenvalue weighted by Gasteiger charge is -2.06. The number of hydrogen-bond acceptors (Lipinski definition) is 7. The average molecular weight is 265 g/mol. The molecule has 0 bridgehead atoms. The monoisotopic (exact) mass is 265 g/mol. The van der Waals surface area contributed by atoms with Crippen molar-refractivity contribution in [2.75, 3.05) is 13.1 Å². The fourth-order valence-corrected chi connectivity index (χ4v) is 1.66. The molecule has 0 amide bonds. The van der Waals surface area contributed by atoms with E-state index in [0.29, 0.717) is 25.5 Å². The van der Waals surface area contributed by atoms with E-state index in [1.165, 1.54) is 18.7 Å². The highest BCUT2D eigenvalue weighted by Gasteiger charge is 2.12. The number of nitrogens with one attached hydrogen (secondary N) is 1. The lowest BCUT2D eigenvalue weighted by Crippen LogP contribution is -2.38. The van der Waals surface area contributed by atoms with Gasteiger partial charge in [0.25, 0.3) is 5.56 Å². The Labute approximate surface area is 108 Å². The van der Waals surface area contributed by atoms with E-state index in [-0.39, 0.29) is 11.2 Å². The quantitative estimate of drug-likeness (QED) is 0.585. The van der Waals surface area contributed by atoms with E-state index in [4.69, 9.17) is 5.73 Å². The Morgan fingerprint density at radius 3 is 2.63 bits per heavy atom. The van der Waals surface area contributed by atoms with Crippen LogP contribution < -0.4 is 22.3 Å². The average Bonchev–Trinajstić information content (AvgIpc) is 2.43. The molecule has 0 aromatic carbocycles. The molecule has 0 unspecified atom stereocenters. The van der Waals surface area contributed by atoms with Gasteiger partial charge >= 0.3 is 5.69 Å². The fourth-order valence-electron chi connectivity index (χ4n) is 1.66. The zero-order valence-electron chi connectivity index (χ0n) is 10.8. The second kappa shape index (κ2) is 5.24. The largest absolute Gasteiger partial charge is 0.332 e. The molecule has 3 N–H and O–H groups in total. The Morgan fingerprint density at radius 1 is 1.21 bits per heavy atom. The van der Waals surface area contributed by atoms with E-state index >= 15 is 0 Å². The number of hydrogen-bond donors (Lipinski definition) is 2. The molecular weight excluding hydrogens is 250 g/mol. The van der Waals surface area contributed by atoms with Crippen molar-refractivity contribution < 1.29 is 0 Å². The number of fused-ring (bicyclic) bond motifs is 1. The second-order valence-corrected chi connectivity index (χ2v) is 4.07. The first-order valence-electron chi connectivity index (χ1n) is 5.76. The Hall–Kier alpha value is -2.13. The minimum atomic E-state index is -0.479. The molecule has 0 radical (unpaired) electrons. The van der Waals surface area contributed by atoms with Crippen LogP contribution in [0, 0.1) is 0 Å². The van der Waals surface area contributed by atoms with Gasteiger partial charge < -0.3 is 11.1 Å². The number of aryl methyl sites for hydroxylation is 1. The van der Waals surface area contributed by atoms with Gasteiger partial charge in [0, 0.05) is 27.2 Å². The van der Waals surface area contributed by atoms with Gasteiger partial charge in [0.2, 0.25) is 0 Å². The number of rotatable bonds is 4. The summed E-state index contributed by atoms with van der Waals surface area (Å²) in [5.41, 5.74) is 4.72. The van der Waals surface area contributed by atoms with Crippen LogP contribution in [0.25, 0.3) is 11.2 Å². The Kier molecular flexibility index (Phi) is 3.67. The molecule has 0 aliphatic heterocycles. The van der Waals surface area contributed by atoms with Crippen molar-refractivity contribution in [3.05, 3.63) is 26.7 Å². The molecule has 0 saturated heterocycles. The van der Waals surface area contributed by atoms with E-state index < -0.39 is 11.2 Å². The molecule has 0 saturated carbocycles. The van der Waals surface area contributed by atoms with Crippen molar-refractivity contribution in [3.8, 4) is 0 Å². The van der Waals surface area contributed by atoms with Gasteiger partial charge in [-0.3, -0.25) is 13.9 Å². The highest BCUT2D eigenvalue weighted by atomic mass is 16.2. The first kappa shape index (κ1) is 13.3. The molecule has 102 valence electrons. The van der Waals surface area contributed by atoms with Gasteiger partial charge in [-0.15, -0.1) is 10.2 Å². The van der Waals surface area contributed by atoms with Crippen LogP contribution in [0.1, 0.15) is 5.82 Å². The molecule has 2 heterocycles. The predicted octanol–water partition coefficient (Wildman–Crippen LogP) is -2.53. The highest BCUT2D eigenvalue weighted by molar-refractivity contribution is 5.67. The maximum atomic E-state index is 12.0. The molecule has 0 aliphatic carbocycles. The number of aromatic nitrogens is 5. The van der Waals surface area contributed by atoms with Crippen molar-refractivity contribution in [1.82, 2.24) is 29.6 Å². The third kappa shape index (κ3) is 2.37. The van der Waals surface area contributed by atoms with Crippen molar-refractivity contribution in [2.45, 2.75) is 6.54 Å². The molecule has 9 heteroatoms. The fraction of sp³-hybridized carbons (Fsp3) is 0.500. The van der Waals surface area contributed by atoms with Crippen LogP contribution in [0.3, 0.4) is 0 Å². The zero-order valence-corrected chi connectivity index (χ0v) is 10.8. The number of nitrogens with two attached hydrogens (primary N) is 1. The van der Waals surface area contributed by atoms with Gasteiger partial charge in [0.15, 0.2) is 17.0 Å². The minimum absolute atomic E-state index is 0.129. The Bertz CT molecular complexity index is 718. The van der Waals surface area contributed by atoms with Crippen molar-refractivity contribution in [3.63, 3.8) is 0 Å². The normalized spacial score (nSPS) is 11.1. The van der Waals surface area contributed by atoms with Crippen molar-refractivity contribution in [2.24, 2.45) is 19.8 Å². The van der Waals surface area contributed by atoms with Gasteiger partial charge in [-0.2, -0.15) is 0 Å². The molecule has 2 aromatic heterocycles. The van der Waals surface area contributed by atoms with Gasteiger partial charge in [0.05, 0.1) is 6.54 Å². The summed E-state index contributed by atoms with van der Waals surface area (Å²) in [5, 5.41) is 10.8. The summed E-state index contributed by atoms with van der Waals surface area (Å²) < 4.78 is 2.24. The highest BCUT2D eigenvalue weighted by Crippen LogP contribution is 1.99. The molecule has 0 spiro atoms. The van der Waals surface area contributed by atoms with Crippen LogP contribution >= 0.6 is 0 Å². The topological polar surface area (TPSA) is 121 Å². The molecule has 9 nitrogen and oxygen atoms in total. The van der Waals surface area contributed by atoms with Crippen LogP contribution in [0.15, 0.2) is 9.59 Å². The summed E-state index contributed by atoms with van der Waals surface area (Å²) in [7, 11) is 2.92. The van der Waals surface area contributed by atoms with Crippen LogP contribution in [-0.4, -0.2) is 37.4 Å². The zero-order chi connectivity index (χ0) is 14.0. The Morgan fingerprint density at radius 2 is 1.95 bits per heavy atom. The lowest BCUT2D eigenvalue weighted by atomic mass is 10.4. The predicted molar refractivity (Wildman–Crippen MR) is 68.6 cm³/mol. The minimum Gasteiger partial charge on any atom is -0.329 e. The molecule has 19 heavy (non-hydrogen) atoms. The molecule has 0 aliphatic rings. The SMILES string of the molecule is Cn1c(=O)c2nc(CNCCN)nnc2n(C)c1=O. The van der Waals surface area contributed by atoms with E-state index in [1.807, 2.05) is 0 Å². The van der Waals surface area contributed by atoms with Crippen LogP contribution in [-0.2, 0) is 20.6 Å². The first-order chi connectivity index (χ1) is 9.06. The van der Waals surface area contributed by atoms with E-state index in [2.05, 4.69) is 20.5 Å². The molecule has 0 atom stereocenters. The van der Waals surface area contributed by atoms with Crippen LogP contribution in [0.2, 0.25) is 0 Å². The van der Waals surface area contributed by atoms with E-state index in [0.717, 1.165) is 4.57 Å². The molecule has 2 aromatic rings. The second-order valence-electron chi connectivity index (χ2n) is 4.07. The molecule has 2 rings (SSSR count). The van der Waals surface area contributed by atoms with Crippen LogP contribution in [0.5, 0.6) is 0 Å². The van der Waals surface area contributed by atoms with Crippen LogP contribution in [0.4, 0.5) is 0 Å². The maximum Gasteiger partial charge on any atom is 0.332 e. The van der Waals surface area contributed by atoms with Gasteiger partial charge in [-0.25, -0.2) is 9.78 Å². The number of nitrogens with zero attached hydrogens (tertiary/aromatic N) is 5. The third-order valence-corrected chi connectivity index (χ3v) is 2.72. The summed E-state index contributed by atoms with van der Waals surface area (Å²) >= 11 is 0. The summed E-state index contributed by atoms with van der Waals surface area (Å²) in [6.45, 7) is 1.48. The van der Waals surface area contributed by atoms with Gasteiger partial charge in [-0.1, -0.05) is 0 Å². The van der Waals surface area contributed by atoms with Gasteiger partial charge in [0.1, 0.15) is 0 Å².